The van der Waals surface area contributed by atoms with E-state index in [1.807, 2.05) is 42.5 Å². The maximum Gasteiger partial charge on any atom is 0.337 e. The molecule has 2 heterocycles. The van der Waals surface area contributed by atoms with Crippen molar-refractivity contribution in [1.29, 1.82) is 5.26 Å². The van der Waals surface area contributed by atoms with E-state index in [0.29, 0.717) is 29.0 Å². The molecule has 0 saturated heterocycles. The molecule has 0 amide bonds. The number of hydrogen-bond donors (Lipinski definition) is 0. The van der Waals surface area contributed by atoms with Crippen molar-refractivity contribution in [2.24, 2.45) is 0 Å². The van der Waals surface area contributed by atoms with Crippen molar-refractivity contribution in [3.05, 3.63) is 92.9 Å². The SMILES string of the molecule is CCn1c(=O)c2c(ncn2Cc2ccc(C#N)cc2)n(-c2ccccc2)c1=O. The van der Waals surface area contributed by atoms with Crippen LogP contribution in [0, 0.1) is 11.3 Å². The summed E-state index contributed by atoms with van der Waals surface area (Å²) in [7, 11) is 0. The molecule has 0 radical (unpaired) electrons. The lowest BCUT2D eigenvalue weighted by Crippen LogP contribution is -2.39. The number of benzene rings is 2. The second-order valence-electron chi connectivity index (χ2n) is 6.36. The van der Waals surface area contributed by atoms with Gasteiger partial charge < -0.3 is 4.57 Å². The Hall–Kier alpha value is -3.92. The van der Waals surface area contributed by atoms with Gasteiger partial charge in [0.1, 0.15) is 0 Å². The van der Waals surface area contributed by atoms with E-state index in [1.165, 1.54) is 9.13 Å². The molecule has 4 aromatic rings. The van der Waals surface area contributed by atoms with Gasteiger partial charge in [-0.2, -0.15) is 5.26 Å². The second-order valence-corrected chi connectivity index (χ2v) is 6.36. The summed E-state index contributed by atoms with van der Waals surface area (Å²) in [5.41, 5.74) is 2.09. The Labute approximate surface area is 160 Å². The van der Waals surface area contributed by atoms with E-state index in [-0.39, 0.29) is 12.1 Å². The third-order valence-electron chi connectivity index (χ3n) is 4.67. The van der Waals surface area contributed by atoms with E-state index in [4.69, 9.17) is 5.26 Å². The maximum absolute atomic E-state index is 13.0. The molecule has 0 saturated carbocycles. The van der Waals surface area contributed by atoms with E-state index in [9.17, 15) is 9.59 Å². The highest BCUT2D eigenvalue weighted by Gasteiger charge is 2.18. The molecule has 4 rings (SSSR count). The van der Waals surface area contributed by atoms with E-state index >= 15 is 0 Å². The van der Waals surface area contributed by atoms with Crippen LogP contribution in [-0.2, 0) is 13.1 Å². The smallest absolute Gasteiger partial charge is 0.320 e. The zero-order chi connectivity index (χ0) is 19.7. The fourth-order valence-electron chi connectivity index (χ4n) is 3.27. The zero-order valence-electron chi connectivity index (χ0n) is 15.2. The van der Waals surface area contributed by atoms with Crippen molar-refractivity contribution in [2.45, 2.75) is 20.0 Å². The molecule has 0 bridgehead atoms. The van der Waals surface area contributed by atoms with Crippen LogP contribution < -0.4 is 11.2 Å². The lowest BCUT2D eigenvalue weighted by molar-refractivity contribution is 0.655. The van der Waals surface area contributed by atoms with Crippen molar-refractivity contribution < 1.29 is 0 Å². The van der Waals surface area contributed by atoms with E-state index in [1.54, 1.807) is 30.0 Å². The minimum absolute atomic E-state index is 0.266. The molecule has 0 spiro atoms. The molecular formula is C21H17N5O2. The molecule has 0 unspecified atom stereocenters. The average Bonchev–Trinajstić information content (AvgIpc) is 3.13. The van der Waals surface area contributed by atoms with Crippen LogP contribution in [-0.4, -0.2) is 18.7 Å². The standard InChI is InChI=1S/C21H17N5O2/c1-2-25-20(27)18-19(26(21(25)28)17-6-4-3-5-7-17)23-14-24(18)13-16-10-8-15(12-22)9-11-16/h3-11,14H,2,13H2,1H3. The summed E-state index contributed by atoms with van der Waals surface area (Å²) < 4.78 is 4.42. The van der Waals surface area contributed by atoms with Crippen LogP contribution in [0.5, 0.6) is 0 Å². The number of imidazole rings is 1. The van der Waals surface area contributed by atoms with Crippen molar-refractivity contribution in [3.8, 4) is 11.8 Å². The largest absolute Gasteiger partial charge is 0.337 e. The van der Waals surface area contributed by atoms with Crippen molar-refractivity contribution in [2.75, 3.05) is 0 Å². The summed E-state index contributed by atoms with van der Waals surface area (Å²) >= 11 is 0. The third kappa shape index (κ3) is 2.81. The van der Waals surface area contributed by atoms with Crippen LogP contribution in [0.3, 0.4) is 0 Å². The van der Waals surface area contributed by atoms with Crippen molar-refractivity contribution in [3.63, 3.8) is 0 Å². The number of nitrogens with zero attached hydrogens (tertiary/aromatic N) is 5. The van der Waals surface area contributed by atoms with Crippen LogP contribution in [0.1, 0.15) is 18.1 Å². The predicted octanol–water partition coefficient (Wildman–Crippen LogP) is 2.29. The first-order chi connectivity index (χ1) is 13.6. The molecular weight excluding hydrogens is 354 g/mol. The van der Waals surface area contributed by atoms with Crippen LogP contribution in [0.4, 0.5) is 0 Å². The summed E-state index contributed by atoms with van der Waals surface area (Å²) in [5, 5.41) is 8.94. The van der Waals surface area contributed by atoms with Gasteiger partial charge in [-0.3, -0.25) is 9.36 Å². The summed E-state index contributed by atoms with van der Waals surface area (Å²) in [6.45, 7) is 2.45. The minimum Gasteiger partial charge on any atom is -0.320 e. The van der Waals surface area contributed by atoms with Gasteiger partial charge in [0.05, 0.1) is 23.6 Å². The zero-order valence-corrected chi connectivity index (χ0v) is 15.2. The molecule has 0 fully saturated rings. The lowest BCUT2D eigenvalue weighted by Gasteiger charge is -2.11. The Morgan fingerprint density at radius 2 is 1.75 bits per heavy atom. The average molecular weight is 371 g/mol. The molecule has 0 aliphatic heterocycles. The number of rotatable bonds is 4. The molecule has 7 nitrogen and oxygen atoms in total. The number of nitriles is 1. The van der Waals surface area contributed by atoms with Crippen LogP contribution in [0.15, 0.2) is 70.5 Å². The van der Waals surface area contributed by atoms with Gasteiger partial charge in [0.15, 0.2) is 11.2 Å². The first-order valence-corrected chi connectivity index (χ1v) is 8.89. The van der Waals surface area contributed by atoms with E-state index in [0.717, 1.165) is 5.56 Å². The minimum atomic E-state index is -0.408. The topological polar surface area (TPSA) is 85.6 Å². The molecule has 2 aromatic heterocycles. The third-order valence-corrected chi connectivity index (χ3v) is 4.67. The molecule has 28 heavy (non-hydrogen) atoms. The first-order valence-electron chi connectivity index (χ1n) is 8.89. The monoisotopic (exact) mass is 371 g/mol. The van der Waals surface area contributed by atoms with Gasteiger partial charge in [-0.15, -0.1) is 0 Å². The van der Waals surface area contributed by atoms with Crippen LogP contribution in [0.25, 0.3) is 16.9 Å². The molecule has 0 aliphatic carbocycles. The Morgan fingerprint density at radius 3 is 2.39 bits per heavy atom. The highest BCUT2D eigenvalue weighted by Crippen LogP contribution is 2.14. The Morgan fingerprint density at radius 1 is 1.04 bits per heavy atom. The molecule has 0 aliphatic rings. The summed E-state index contributed by atoms with van der Waals surface area (Å²) in [4.78, 5) is 30.3. The van der Waals surface area contributed by atoms with Gasteiger partial charge in [-0.05, 0) is 36.8 Å². The Balaban J connectivity index is 1.94. The molecule has 138 valence electrons. The second kappa shape index (κ2) is 7.00. The molecule has 7 heteroatoms. The van der Waals surface area contributed by atoms with Crippen LogP contribution in [0.2, 0.25) is 0 Å². The van der Waals surface area contributed by atoms with Crippen LogP contribution >= 0.6 is 0 Å². The number of fused-ring (bicyclic) bond motifs is 1. The first kappa shape index (κ1) is 17.5. The molecule has 0 atom stereocenters. The van der Waals surface area contributed by atoms with Gasteiger partial charge in [-0.25, -0.2) is 14.3 Å². The maximum atomic E-state index is 13.0. The Bertz CT molecular complexity index is 1310. The van der Waals surface area contributed by atoms with Gasteiger partial charge >= 0.3 is 5.69 Å². The highest BCUT2D eigenvalue weighted by molar-refractivity contribution is 5.72. The fraction of sp³-hybridized carbons (Fsp3) is 0.143. The fourth-order valence-corrected chi connectivity index (χ4v) is 3.27. The molecule has 2 aromatic carbocycles. The summed E-state index contributed by atoms with van der Waals surface area (Å²) in [6, 6.07) is 18.4. The normalized spacial score (nSPS) is 10.9. The Kier molecular flexibility index (Phi) is 4.38. The molecule has 0 N–H and O–H groups in total. The van der Waals surface area contributed by atoms with E-state index in [2.05, 4.69) is 11.1 Å². The van der Waals surface area contributed by atoms with Gasteiger partial charge in [0.2, 0.25) is 0 Å². The van der Waals surface area contributed by atoms with Crippen molar-refractivity contribution in [1.82, 2.24) is 18.7 Å². The van der Waals surface area contributed by atoms with Gasteiger partial charge in [0.25, 0.3) is 5.56 Å². The summed E-state index contributed by atoms with van der Waals surface area (Å²) in [5.74, 6) is 0. The lowest BCUT2D eigenvalue weighted by atomic mass is 10.1. The van der Waals surface area contributed by atoms with Gasteiger partial charge in [0, 0.05) is 13.1 Å². The summed E-state index contributed by atoms with van der Waals surface area (Å²) in [6.07, 6.45) is 1.57. The number of hydrogen-bond acceptors (Lipinski definition) is 4. The number of aromatic nitrogens is 4. The van der Waals surface area contributed by atoms with E-state index < -0.39 is 5.69 Å². The van der Waals surface area contributed by atoms with Gasteiger partial charge in [-0.1, -0.05) is 30.3 Å². The number of para-hydroxylation sites is 1. The predicted molar refractivity (Wildman–Crippen MR) is 106 cm³/mol. The highest BCUT2D eigenvalue weighted by atomic mass is 16.2. The van der Waals surface area contributed by atoms with Crippen molar-refractivity contribution >= 4 is 11.2 Å². The quantitative estimate of drug-likeness (QED) is 0.551.